The number of aryl methyl sites for hydroxylation is 1. The van der Waals surface area contributed by atoms with Crippen molar-refractivity contribution in [3.8, 4) is 17.1 Å². The van der Waals surface area contributed by atoms with Crippen molar-refractivity contribution in [2.24, 2.45) is 0 Å². The maximum Gasteiger partial charge on any atom is 0.247 e. The van der Waals surface area contributed by atoms with E-state index in [1.54, 1.807) is 18.3 Å². The molecular weight excluding hydrogens is 523 g/mol. The number of rotatable bonds is 10. The molecule has 3 heterocycles. The Morgan fingerprint density at radius 3 is 2.59 bits per heavy atom. The molecule has 2 aromatic carbocycles. The van der Waals surface area contributed by atoms with E-state index in [1.807, 2.05) is 34.9 Å². The van der Waals surface area contributed by atoms with Gasteiger partial charge in [-0.25, -0.2) is 9.37 Å². The van der Waals surface area contributed by atoms with Gasteiger partial charge in [-0.15, -0.1) is 10.2 Å². The maximum atomic E-state index is 13.6. The zero-order valence-corrected chi connectivity index (χ0v) is 22.9. The quantitative estimate of drug-likeness (QED) is 0.251. The molecule has 0 unspecified atom stereocenters. The van der Waals surface area contributed by atoms with Gasteiger partial charge in [0.2, 0.25) is 5.91 Å². The van der Waals surface area contributed by atoms with Gasteiger partial charge in [0.1, 0.15) is 17.5 Å². The minimum absolute atomic E-state index is 0.0245. The Morgan fingerprint density at radius 2 is 1.85 bits per heavy atom. The molecule has 41 heavy (non-hydrogen) atoms. The number of nitrogens with zero attached hydrogens (tertiary/aromatic N) is 6. The van der Waals surface area contributed by atoms with Crippen LogP contribution in [0.15, 0.2) is 73.4 Å². The SMILES string of the molecule is C=CC(=O)Nc1cc(Nc2cc(-n3c(CCCO)nnc3-c3ccc(F)cc3)ccn2)ccc1N1CCN(C)CC1. The number of hydrogen-bond donors (Lipinski definition) is 3. The van der Waals surface area contributed by atoms with Crippen LogP contribution < -0.4 is 15.5 Å². The summed E-state index contributed by atoms with van der Waals surface area (Å²) in [6.45, 7) is 7.21. The number of hydrogen-bond acceptors (Lipinski definition) is 8. The average Bonchev–Trinajstić information content (AvgIpc) is 3.41. The summed E-state index contributed by atoms with van der Waals surface area (Å²) in [5, 5.41) is 24.4. The molecule has 0 bridgehead atoms. The third-order valence-electron chi connectivity index (χ3n) is 6.95. The predicted octanol–water partition coefficient (Wildman–Crippen LogP) is 4.01. The number of likely N-dealkylation sites (N-methyl/N-ethyl adjacent to an activating group) is 1. The van der Waals surface area contributed by atoms with Crippen LogP contribution in [0, 0.1) is 5.82 Å². The van der Waals surface area contributed by atoms with Crippen LogP contribution in [0.25, 0.3) is 17.1 Å². The molecule has 10 nitrogen and oxygen atoms in total. The number of aromatic nitrogens is 4. The maximum absolute atomic E-state index is 13.6. The lowest BCUT2D eigenvalue weighted by molar-refractivity contribution is -0.111. The third kappa shape index (κ3) is 6.59. The van der Waals surface area contributed by atoms with E-state index in [9.17, 15) is 14.3 Å². The monoisotopic (exact) mass is 556 g/mol. The van der Waals surface area contributed by atoms with Crippen molar-refractivity contribution in [1.29, 1.82) is 0 Å². The van der Waals surface area contributed by atoms with Crippen LogP contribution in [0.3, 0.4) is 0 Å². The smallest absolute Gasteiger partial charge is 0.247 e. The van der Waals surface area contributed by atoms with Crippen molar-refractivity contribution < 1.29 is 14.3 Å². The van der Waals surface area contributed by atoms with Gasteiger partial charge in [-0.05, 0) is 68.1 Å². The van der Waals surface area contributed by atoms with E-state index >= 15 is 0 Å². The normalized spacial score (nSPS) is 13.7. The molecule has 1 aliphatic heterocycles. The van der Waals surface area contributed by atoms with E-state index in [-0.39, 0.29) is 18.3 Å². The Bertz CT molecular complexity index is 1510. The van der Waals surface area contributed by atoms with Gasteiger partial charge in [0.25, 0.3) is 0 Å². The molecule has 0 radical (unpaired) electrons. The standard InChI is InChI=1S/C30H33FN8O2/c1-3-29(41)34-25-19-23(10-11-26(25)38-16-14-37(2)15-17-38)33-27-20-24(12-13-32-27)39-28(5-4-18-40)35-36-30(39)21-6-8-22(31)9-7-21/h3,6-13,19-20,40H,1,4-5,14-18H2,2H3,(H,32,33)(H,34,41). The summed E-state index contributed by atoms with van der Waals surface area (Å²) < 4.78 is 15.5. The van der Waals surface area contributed by atoms with E-state index in [0.29, 0.717) is 41.6 Å². The molecule has 0 atom stereocenters. The summed E-state index contributed by atoms with van der Waals surface area (Å²) in [7, 11) is 2.10. The first kappa shape index (κ1) is 27.9. The lowest BCUT2D eigenvalue weighted by atomic mass is 10.2. The molecular formula is C30H33FN8O2. The third-order valence-corrected chi connectivity index (χ3v) is 6.95. The fourth-order valence-electron chi connectivity index (χ4n) is 4.77. The second kappa shape index (κ2) is 12.7. The van der Waals surface area contributed by atoms with Crippen LogP contribution in [0.4, 0.5) is 27.3 Å². The summed E-state index contributed by atoms with van der Waals surface area (Å²) in [5.41, 5.74) is 3.85. The number of amides is 1. The molecule has 5 rings (SSSR count). The predicted molar refractivity (Wildman–Crippen MR) is 158 cm³/mol. The molecule has 0 saturated carbocycles. The van der Waals surface area contributed by atoms with Crippen molar-refractivity contribution >= 4 is 28.8 Å². The molecule has 1 fully saturated rings. The number of anilines is 4. The number of piperazine rings is 1. The Morgan fingerprint density at radius 1 is 1.07 bits per heavy atom. The Hall–Kier alpha value is -4.61. The average molecular weight is 557 g/mol. The zero-order chi connectivity index (χ0) is 28.8. The Kier molecular flexibility index (Phi) is 8.66. The fraction of sp³-hybridized carbons (Fsp3) is 0.267. The van der Waals surface area contributed by atoms with E-state index in [4.69, 9.17) is 0 Å². The van der Waals surface area contributed by atoms with E-state index in [1.165, 1.54) is 18.2 Å². The van der Waals surface area contributed by atoms with E-state index < -0.39 is 0 Å². The molecule has 11 heteroatoms. The summed E-state index contributed by atoms with van der Waals surface area (Å²) in [5.74, 6) is 1.18. The Labute approximate surface area is 238 Å². The molecule has 3 N–H and O–H groups in total. The lowest BCUT2D eigenvalue weighted by Crippen LogP contribution is -2.44. The molecule has 1 saturated heterocycles. The highest BCUT2D eigenvalue weighted by Gasteiger charge is 2.19. The number of aliphatic hydroxyl groups excluding tert-OH is 1. The van der Waals surface area contributed by atoms with Crippen LogP contribution in [0.2, 0.25) is 0 Å². The van der Waals surface area contributed by atoms with E-state index in [2.05, 4.69) is 49.2 Å². The second-order valence-electron chi connectivity index (χ2n) is 9.85. The molecule has 212 valence electrons. The van der Waals surface area contributed by atoms with Crippen molar-refractivity contribution in [3.05, 3.63) is 85.1 Å². The zero-order valence-electron chi connectivity index (χ0n) is 22.9. The van der Waals surface area contributed by atoms with Gasteiger partial charge in [0.15, 0.2) is 5.82 Å². The first-order valence-electron chi connectivity index (χ1n) is 13.5. The highest BCUT2D eigenvalue weighted by molar-refractivity contribution is 6.01. The Balaban J connectivity index is 1.46. The van der Waals surface area contributed by atoms with Gasteiger partial charge in [0.05, 0.1) is 17.1 Å². The highest BCUT2D eigenvalue weighted by Crippen LogP contribution is 2.32. The molecule has 0 spiro atoms. The fourth-order valence-corrected chi connectivity index (χ4v) is 4.77. The van der Waals surface area contributed by atoms with Crippen LogP contribution in [-0.2, 0) is 11.2 Å². The van der Waals surface area contributed by atoms with Crippen molar-refractivity contribution in [1.82, 2.24) is 24.6 Å². The molecule has 2 aromatic heterocycles. The first-order chi connectivity index (χ1) is 19.9. The topological polar surface area (TPSA) is 111 Å². The molecule has 1 amide bonds. The molecule has 0 aliphatic carbocycles. The van der Waals surface area contributed by atoms with Gasteiger partial charge in [-0.3, -0.25) is 9.36 Å². The number of aliphatic hydroxyl groups is 1. The van der Waals surface area contributed by atoms with Gasteiger partial charge < -0.3 is 25.5 Å². The molecule has 1 aliphatic rings. The number of carbonyl (C=O) groups excluding carboxylic acids is 1. The minimum atomic E-state index is -0.335. The highest BCUT2D eigenvalue weighted by atomic mass is 19.1. The van der Waals surface area contributed by atoms with Crippen LogP contribution in [0.5, 0.6) is 0 Å². The largest absolute Gasteiger partial charge is 0.396 e. The number of pyridine rings is 1. The van der Waals surface area contributed by atoms with Crippen LogP contribution >= 0.6 is 0 Å². The van der Waals surface area contributed by atoms with Gasteiger partial charge in [-0.2, -0.15) is 0 Å². The van der Waals surface area contributed by atoms with Crippen LogP contribution in [-0.4, -0.2) is 75.5 Å². The van der Waals surface area contributed by atoms with Gasteiger partial charge in [-0.1, -0.05) is 6.58 Å². The van der Waals surface area contributed by atoms with Crippen molar-refractivity contribution in [2.75, 3.05) is 55.4 Å². The van der Waals surface area contributed by atoms with Crippen molar-refractivity contribution in [3.63, 3.8) is 0 Å². The van der Waals surface area contributed by atoms with Crippen molar-refractivity contribution in [2.45, 2.75) is 12.8 Å². The van der Waals surface area contributed by atoms with Gasteiger partial charge >= 0.3 is 0 Å². The summed E-state index contributed by atoms with van der Waals surface area (Å²) >= 11 is 0. The van der Waals surface area contributed by atoms with Gasteiger partial charge in [0, 0.05) is 62.7 Å². The summed E-state index contributed by atoms with van der Waals surface area (Å²) in [4.78, 5) is 21.3. The first-order valence-corrected chi connectivity index (χ1v) is 13.5. The lowest BCUT2D eigenvalue weighted by Gasteiger charge is -2.35. The number of halogens is 1. The minimum Gasteiger partial charge on any atom is -0.396 e. The molecule has 4 aromatic rings. The number of carbonyl (C=O) groups is 1. The second-order valence-corrected chi connectivity index (χ2v) is 9.85. The summed E-state index contributed by atoms with van der Waals surface area (Å²) in [6.07, 6.45) is 3.97. The number of nitrogens with one attached hydrogen (secondary N) is 2. The number of benzene rings is 2. The van der Waals surface area contributed by atoms with Crippen LogP contribution in [0.1, 0.15) is 12.2 Å². The van der Waals surface area contributed by atoms with E-state index in [0.717, 1.165) is 43.2 Å². The summed E-state index contributed by atoms with van der Waals surface area (Å²) in [6, 6.07) is 15.6.